The Morgan fingerprint density at radius 2 is 1.92 bits per heavy atom. The maximum absolute atomic E-state index is 5.60. The van der Waals surface area contributed by atoms with E-state index >= 15 is 0 Å². The van der Waals surface area contributed by atoms with E-state index in [2.05, 4.69) is 6.92 Å². The smallest absolute Gasteiger partial charge is 0.0522 e. The van der Waals surface area contributed by atoms with Crippen LogP contribution in [-0.2, 0) is 4.74 Å². The minimum atomic E-state index is 0.616. The fourth-order valence-corrected chi connectivity index (χ4v) is 2.68. The second-order valence-corrected chi connectivity index (χ2v) is 4.84. The Morgan fingerprint density at radius 1 is 1.17 bits per heavy atom. The zero-order chi connectivity index (χ0) is 8.44. The monoisotopic (exact) mass is 168 g/mol. The van der Waals surface area contributed by atoms with Crippen molar-refractivity contribution in [2.45, 2.75) is 45.4 Å². The number of ether oxygens (including phenoxy) is 1. The van der Waals surface area contributed by atoms with Gasteiger partial charge in [0.25, 0.3) is 0 Å². The zero-order valence-corrected chi connectivity index (χ0v) is 8.14. The van der Waals surface area contributed by atoms with Crippen molar-refractivity contribution < 1.29 is 4.74 Å². The van der Waals surface area contributed by atoms with E-state index in [1.807, 2.05) is 0 Å². The van der Waals surface area contributed by atoms with Gasteiger partial charge in [-0.25, -0.2) is 0 Å². The van der Waals surface area contributed by atoms with E-state index in [0.717, 1.165) is 19.1 Å². The predicted molar refractivity (Wildman–Crippen MR) is 50.1 cm³/mol. The molecule has 0 unspecified atom stereocenters. The Morgan fingerprint density at radius 3 is 2.50 bits per heavy atom. The highest BCUT2D eigenvalue weighted by Gasteiger charge is 2.35. The van der Waals surface area contributed by atoms with Crippen LogP contribution in [0, 0.1) is 11.3 Å². The maximum atomic E-state index is 5.60. The highest BCUT2D eigenvalue weighted by molar-refractivity contribution is 4.86. The molecule has 0 amide bonds. The van der Waals surface area contributed by atoms with Crippen LogP contribution in [0.25, 0.3) is 0 Å². The van der Waals surface area contributed by atoms with Gasteiger partial charge in [0.05, 0.1) is 6.61 Å². The van der Waals surface area contributed by atoms with Crippen molar-refractivity contribution in [3.05, 3.63) is 0 Å². The van der Waals surface area contributed by atoms with Crippen LogP contribution in [0.3, 0.4) is 0 Å². The molecule has 1 aliphatic heterocycles. The first-order valence-corrected chi connectivity index (χ1v) is 5.39. The van der Waals surface area contributed by atoms with E-state index in [0.29, 0.717) is 5.41 Å². The van der Waals surface area contributed by atoms with Gasteiger partial charge in [-0.05, 0) is 37.0 Å². The lowest BCUT2D eigenvalue weighted by Gasteiger charge is -2.41. The Bertz CT molecular complexity index is 137. The van der Waals surface area contributed by atoms with Crippen LogP contribution in [-0.4, -0.2) is 13.2 Å². The Hall–Kier alpha value is -0.0400. The first-order chi connectivity index (χ1) is 5.81. The topological polar surface area (TPSA) is 9.23 Å². The molecule has 0 atom stereocenters. The average molecular weight is 168 g/mol. The van der Waals surface area contributed by atoms with E-state index < -0.39 is 0 Å². The number of hydrogen-bond acceptors (Lipinski definition) is 1. The molecular formula is C11H20O. The van der Waals surface area contributed by atoms with Crippen LogP contribution in [0.2, 0.25) is 0 Å². The quantitative estimate of drug-likeness (QED) is 0.540. The predicted octanol–water partition coefficient (Wildman–Crippen LogP) is 2.99. The van der Waals surface area contributed by atoms with Gasteiger partial charge in [-0.3, -0.25) is 0 Å². The minimum Gasteiger partial charge on any atom is -0.381 e. The third-order valence-electron chi connectivity index (χ3n) is 3.74. The molecule has 1 heteroatoms. The van der Waals surface area contributed by atoms with Gasteiger partial charge in [0, 0.05) is 6.61 Å². The summed E-state index contributed by atoms with van der Waals surface area (Å²) in [5.74, 6) is 0.970. The van der Waals surface area contributed by atoms with Gasteiger partial charge in [-0.2, -0.15) is 0 Å². The first kappa shape index (κ1) is 8.55. The van der Waals surface area contributed by atoms with Crippen molar-refractivity contribution >= 4 is 0 Å². The molecular weight excluding hydrogens is 148 g/mol. The Labute approximate surface area is 75.5 Å². The fourth-order valence-electron chi connectivity index (χ4n) is 2.68. The van der Waals surface area contributed by atoms with Gasteiger partial charge in [0.15, 0.2) is 0 Å². The second kappa shape index (κ2) is 3.37. The average Bonchev–Trinajstić information content (AvgIpc) is 2.13. The molecule has 1 nitrogen and oxygen atoms in total. The molecule has 0 radical (unpaired) electrons. The highest BCUT2D eigenvalue weighted by Crippen LogP contribution is 2.44. The molecule has 2 rings (SSSR count). The van der Waals surface area contributed by atoms with Crippen LogP contribution in [0.1, 0.15) is 45.4 Å². The summed E-state index contributed by atoms with van der Waals surface area (Å²) in [5.41, 5.74) is 0.616. The number of hydrogen-bond donors (Lipinski definition) is 0. The summed E-state index contributed by atoms with van der Waals surface area (Å²) >= 11 is 0. The van der Waals surface area contributed by atoms with Crippen LogP contribution in [0.4, 0.5) is 0 Å². The van der Waals surface area contributed by atoms with Gasteiger partial charge in [-0.1, -0.05) is 19.8 Å². The lowest BCUT2D eigenvalue weighted by molar-refractivity contribution is -0.0344. The molecule has 0 aromatic heterocycles. The van der Waals surface area contributed by atoms with Crippen LogP contribution >= 0.6 is 0 Å². The summed E-state index contributed by atoms with van der Waals surface area (Å²) in [6.45, 7) is 4.45. The van der Waals surface area contributed by atoms with E-state index in [1.165, 1.54) is 38.5 Å². The lowest BCUT2D eigenvalue weighted by atomic mass is 9.68. The molecule has 0 N–H and O–H groups in total. The van der Waals surface area contributed by atoms with Gasteiger partial charge in [0.1, 0.15) is 0 Å². The highest BCUT2D eigenvalue weighted by atomic mass is 16.5. The Balaban J connectivity index is 1.92. The molecule has 0 bridgehead atoms. The van der Waals surface area contributed by atoms with E-state index in [-0.39, 0.29) is 0 Å². The van der Waals surface area contributed by atoms with Crippen molar-refractivity contribution in [2.75, 3.05) is 13.2 Å². The van der Waals surface area contributed by atoms with E-state index in [4.69, 9.17) is 4.74 Å². The summed E-state index contributed by atoms with van der Waals surface area (Å²) in [6, 6.07) is 0. The molecule has 2 fully saturated rings. The standard InChI is InChI=1S/C11H20O/c1-10-3-6-11(7-4-10)5-2-8-12-9-11/h10H,2-9H2,1H3/t10-,11-. The molecule has 1 saturated heterocycles. The van der Waals surface area contributed by atoms with Crippen molar-refractivity contribution in [1.29, 1.82) is 0 Å². The maximum Gasteiger partial charge on any atom is 0.0522 e. The van der Waals surface area contributed by atoms with Gasteiger partial charge in [0.2, 0.25) is 0 Å². The molecule has 0 aromatic carbocycles. The largest absolute Gasteiger partial charge is 0.381 e. The van der Waals surface area contributed by atoms with Crippen molar-refractivity contribution in [1.82, 2.24) is 0 Å². The van der Waals surface area contributed by atoms with Crippen LogP contribution in [0.15, 0.2) is 0 Å². The van der Waals surface area contributed by atoms with Crippen LogP contribution < -0.4 is 0 Å². The van der Waals surface area contributed by atoms with Gasteiger partial charge in [-0.15, -0.1) is 0 Å². The lowest BCUT2D eigenvalue weighted by Crippen LogP contribution is -2.35. The first-order valence-electron chi connectivity index (χ1n) is 5.39. The van der Waals surface area contributed by atoms with Crippen molar-refractivity contribution in [3.63, 3.8) is 0 Å². The van der Waals surface area contributed by atoms with Gasteiger partial charge >= 0.3 is 0 Å². The zero-order valence-electron chi connectivity index (χ0n) is 8.14. The molecule has 1 heterocycles. The third kappa shape index (κ3) is 1.66. The molecule has 2 aliphatic rings. The van der Waals surface area contributed by atoms with E-state index in [1.54, 1.807) is 0 Å². The summed E-state index contributed by atoms with van der Waals surface area (Å²) in [7, 11) is 0. The molecule has 1 saturated carbocycles. The molecule has 1 aliphatic carbocycles. The fraction of sp³-hybridized carbons (Fsp3) is 1.00. The third-order valence-corrected chi connectivity index (χ3v) is 3.74. The second-order valence-electron chi connectivity index (χ2n) is 4.84. The molecule has 0 aromatic rings. The minimum absolute atomic E-state index is 0.616. The summed E-state index contributed by atoms with van der Waals surface area (Å²) < 4.78 is 5.60. The van der Waals surface area contributed by atoms with E-state index in [9.17, 15) is 0 Å². The van der Waals surface area contributed by atoms with Crippen molar-refractivity contribution in [2.24, 2.45) is 11.3 Å². The molecule has 12 heavy (non-hydrogen) atoms. The van der Waals surface area contributed by atoms with Crippen LogP contribution in [0.5, 0.6) is 0 Å². The SMILES string of the molecule is C[C@H]1CC[C@@]2(CCCOC2)CC1. The normalized spacial score (nSPS) is 43.2. The van der Waals surface area contributed by atoms with Crippen molar-refractivity contribution in [3.8, 4) is 0 Å². The molecule has 1 spiro atoms. The van der Waals surface area contributed by atoms with Gasteiger partial charge < -0.3 is 4.74 Å². The summed E-state index contributed by atoms with van der Waals surface area (Å²) in [6.07, 6.45) is 8.45. The summed E-state index contributed by atoms with van der Waals surface area (Å²) in [5, 5.41) is 0. The summed E-state index contributed by atoms with van der Waals surface area (Å²) in [4.78, 5) is 0. The molecule has 70 valence electrons. The number of rotatable bonds is 0. The Kier molecular flexibility index (Phi) is 2.40.